The summed E-state index contributed by atoms with van der Waals surface area (Å²) < 4.78 is 19.5. The van der Waals surface area contributed by atoms with E-state index in [2.05, 4.69) is 20.9 Å². The Balaban J connectivity index is 1.58. The summed E-state index contributed by atoms with van der Waals surface area (Å²) in [6.07, 6.45) is 1.74. The zero-order chi connectivity index (χ0) is 30.8. The van der Waals surface area contributed by atoms with Gasteiger partial charge in [0, 0.05) is 20.6 Å². The van der Waals surface area contributed by atoms with E-state index >= 15 is 0 Å². The first-order valence-electron chi connectivity index (χ1n) is 13.0. The molecule has 1 atom stereocenters. The summed E-state index contributed by atoms with van der Waals surface area (Å²) in [7, 11) is 1.53. The highest BCUT2D eigenvalue weighted by Gasteiger charge is 2.34. The Morgan fingerprint density at radius 1 is 1.12 bits per heavy atom. The van der Waals surface area contributed by atoms with Crippen LogP contribution in [0.15, 0.2) is 80.1 Å². The standard InChI is InChI=1S/C31H24BrCl3N2O5S/c1-4-41-30(39)26-16(2)36-31-37(27(26)20-7-5-6-8-22(20)34)29(38)25(43-31)13-17-11-21(32)28(24(12-17)40-3)42-15-18-9-10-19(33)14-23(18)35/h5-14,27H,4,15H2,1-3H3/b25-13-. The summed E-state index contributed by atoms with van der Waals surface area (Å²) in [4.78, 5) is 32.1. The lowest BCUT2D eigenvalue weighted by molar-refractivity contribution is -0.139. The van der Waals surface area contributed by atoms with Crippen LogP contribution in [0.2, 0.25) is 15.1 Å². The fraction of sp³-hybridized carbons (Fsp3) is 0.194. The highest BCUT2D eigenvalue weighted by molar-refractivity contribution is 9.10. The largest absolute Gasteiger partial charge is 0.493 e. The maximum atomic E-state index is 13.9. The van der Waals surface area contributed by atoms with Crippen LogP contribution in [0.4, 0.5) is 0 Å². The zero-order valence-corrected chi connectivity index (χ0v) is 27.8. The third kappa shape index (κ3) is 6.42. The first kappa shape index (κ1) is 31.3. The molecule has 4 aromatic rings. The van der Waals surface area contributed by atoms with Crippen molar-refractivity contribution in [2.75, 3.05) is 13.7 Å². The van der Waals surface area contributed by atoms with E-state index in [0.29, 0.717) is 57.2 Å². The van der Waals surface area contributed by atoms with E-state index in [-0.39, 0.29) is 24.3 Å². The number of thiazole rings is 1. The van der Waals surface area contributed by atoms with Gasteiger partial charge in [0.15, 0.2) is 16.3 Å². The van der Waals surface area contributed by atoms with E-state index < -0.39 is 12.0 Å². The minimum atomic E-state index is -0.803. The van der Waals surface area contributed by atoms with Gasteiger partial charge in [-0.25, -0.2) is 9.79 Å². The van der Waals surface area contributed by atoms with Crippen LogP contribution >= 0.6 is 62.1 Å². The summed E-state index contributed by atoms with van der Waals surface area (Å²) >= 11 is 23.7. The van der Waals surface area contributed by atoms with Gasteiger partial charge in [0.1, 0.15) is 12.6 Å². The van der Waals surface area contributed by atoms with Crippen LogP contribution in [0.25, 0.3) is 6.08 Å². The molecule has 0 saturated carbocycles. The van der Waals surface area contributed by atoms with Crippen LogP contribution in [-0.2, 0) is 16.1 Å². The van der Waals surface area contributed by atoms with Crippen molar-refractivity contribution in [2.45, 2.75) is 26.5 Å². The predicted molar refractivity (Wildman–Crippen MR) is 173 cm³/mol. The monoisotopic (exact) mass is 720 g/mol. The van der Waals surface area contributed by atoms with Crippen molar-refractivity contribution >= 4 is 74.1 Å². The molecule has 0 bridgehead atoms. The first-order valence-corrected chi connectivity index (χ1v) is 15.8. The molecule has 0 aliphatic carbocycles. The van der Waals surface area contributed by atoms with Crippen molar-refractivity contribution in [3.05, 3.63) is 122 Å². The third-order valence-electron chi connectivity index (χ3n) is 6.65. The van der Waals surface area contributed by atoms with Crippen LogP contribution in [0.1, 0.15) is 36.6 Å². The second kappa shape index (κ2) is 13.3. The van der Waals surface area contributed by atoms with Crippen molar-refractivity contribution in [2.24, 2.45) is 4.99 Å². The maximum absolute atomic E-state index is 13.9. The van der Waals surface area contributed by atoms with Gasteiger partial charge in [-0.15, -0.1) is 0 Å². The Morgan fingerprint density at radius 2 is 1.88 bits per heavy atom. The highest BCUT2D eigenvalue weighted by Crippen LogP contribution is 2.38. The zero-order valence-electron chi connectivity index (χ0n) is 23.1. The van der Waals surface area contributed by atoms with Crippen LogP contribution in [-0.4, -0.2) is 24.3 Å². The number of carbonyl (C=O) groups is 1. The van der Waals surface area contributed by atoms with Gasteiger partial charge >= 0.3 is 5.97 Å². The lowest BCUT2D eigenvalue weighted by atomic mass is 9.96. The van der Waals surface area contributed by atoms with E-state index in [1.165, 1.54) is 23.0 Å². The Labute approximate surface area is 274 Å². The number of hydrogen-bond acceptors (Lipinski definition) is 7. The molecule has 0 amide bonds. The fourth-order valence-corrected chi connectivity index (χ4v) is 7.01. The maximum Gasteiger partial charge on any atom is 0.338 e. The molecule has 7 nitrogen and oxygen atoms in total. The van der Waals surface area contributed by atoms with E-state index in [1.807, 2.05) is 12.1 Å². The predicted octanol–water partition coefficient (Wildman–Crippen LogP) is 7.11. The number of benzene rings is 3. The van der Waals surface area contributed by atoms with E-state index in [1.54, 1.807) is 62.4 Å². The number of ether oxygens (including phenoxy) is 3. The molecule has 12 heteroatoms. The summed E-state index contributed by atoms with van der Waals surface area (Å²) in [6, 6.07) is 15.1. The molecule has 222 valence electrons. The molecule has 1 aromatic heterocycles. The van der Waals surface area contributed by atoms with Gasteiger partial charge in [-0.3, -0.25) is 9.36 Å². The molecule has 0 saturated heterocycles. The molecular weight excluding hydrogens is 699 g/mol. The topological polar surface area (TPSA) is 79.1 Å². The smallest absolute Gasteiger partial charge is 0.338 e. The number of esters is 1. The van der Waals surface area contributed by atoms with Gasteiger partial charge < -0.3 is 14.2 Å². The van der Waals surface area contributed by atoms with Crippen LogP contribution in [0.5, 0.6) is 11.5 Å². The molecule has 0 radical (unpaired) electrons. The number of allylic oxidation sites excluding steroid dienone is 1. The van der Waals surface area contributed by atoms with Gasteiger partial charge in [-0.05, 0) is 77.3 Å². The third-order valence-corrected chi connectivity index (χ3v) is 9.16. The fourth-order valence-electron chi connectivity index (χ4n) is 4.69. The molecule has 3 aromatic carbocycles. The van der Waals surface area contributed by atoms with Crippen molar-refractivity contribution in [1.29, 1.82) is 0 Å². The average Bonchev–Trinajstić information content (AvgIpc) is 3.26. The van der Waals surface area contributed by atoms with Crippen molar-refractivity contribution in [1.82, 2.24) is 4.57 Å². The van der Waals surface area contributed by atoms with E-state index in [4.69, 9.17) is 49.0 Å². The molecule has 0 N–H and O–H groups in total. The van der Waals surface area contributed by atoms with Gasteiger partial charge in [0.05, 0.1) is 34.0 Å². The SMILES string of the molecule is CCOC(=O)C1=C(C)N=c2s/c(=C\c3cc(Br)c(OCc4ccc(Cl)cc4Cl)c(OC)c3)c(=O)n2C1c1ccccc1Cl. The minimum absolute atomic E-state index is 0.179. The summed E-state index contributed by atoms with van der Waals surface area (Å²) in [6.45, 7) is 3.82. The number of aromatic nitrogens is 1. The number of halogens is 4. The van der Waals surface area contributed by atoms with Crippen LogP contribution in [0, 0.1) is 0 Å². The highest BCUT2D eigenvalue weighted by atomic mass is 79.9. The molecule has 1 aliphatic heterocycles. The molecule has 0 spiro atoms. The van der Waals surface area contributed by atoms with Crippen molar-refractivity contribution < 1.29 is 19.0 Å². The Morgan fingerprint density at radius 3 is 2.58 bits per heavy atom. The summed E-state index contributed by atoms with van der Waals surface area (Å²) in [5, 5.41) is 1.45. The quantitative estimate of drug-likeness (QED) is 0.181. The van der Waals surface area contributed by atoms with Crippen molar-refractivity contribution in [3.8, 4) is 11.5 Å². The number of nitrogens with zero attached hydrogens (tertiary/aromatic N) is 2. The second-order valence-corrected chi connectivity index (χ2v) is 12.5. The van der Waals surface area contributed by atoms with E-state index in [0.717, 1.165) is 5.56 Å². The lowest BCUT2D eigenvalue weighted by Crippen LogP contribution is -2.40. The van der Waals surface area contributed by atoms with Crippen LogP contribution in [0.3, 0.4) is 0 Å². The van der Waals surface area contributed by atoms with Gasteiger partial charge in [0.2, 0.25) is 0 Å². The molecule has 2 heterocycles. The Hall–Kier alpha value is -3.08. The van der Waals surface area contributed by atoms with E-state index in [9.17, 15) is 9.59 Å². The summed E-state index contributed by atoms with van der Waals surface area (Å²) in [5.41, 5.74) is 2.44. The summed E-state index contributed by atoms with van der Waals surface area (Å²) in [5.74, 6) is 0.375. The Kier molecular flexibility index (Phi) is 9.68. The minimum Gasteiger partial charge on any atom is -0.493 e. The number of hydrogen-bond donors (Lipinski definition) is 0. The molecular formula is C31H24BrCl3N2O5S. The van der Waals surface area contributed by atoms with Gasteiger partial charge in [-0.2, -0.15) is 0 Å². The first-order chi connectivity index (χ1) is 20.6. The lowest BCUT2D eigenvalue weighted by Gasteiger charge is -2.25. The van der Waals surface area contributed by atoms with Crippen LogP contribution < -0.4 is 24.4 Å². The molecule has 1 unspecified atom stereocenters. The molecule has 1 aliphatic rings. The van der Waals surface area contributed by atoms with Gasteiger partial charge in [-0.1, -0.05) is 70.4 Å². The molecule has 0 fully saturated rings. The number of carbonyl (C=O) groups excluding carboxylic acids is 1. The molecule has 5 rings (SSSR count). The average molecular weight is 723 g/mol. The van der Waals surface area contributed by atoms with Crippen molar-refractivity contribution in [3.63, 3.8) is 0 Å². The second-order valence-electron chi connectivity index (χ2n) is 9.38. The van der Waals surface area contributed by atoms with Gasteiger partial charge in [0.25, 0.3) is 5.56 Å². The number of rotatable bonds is 8. The number of fused-ring (bicyclic) bond motifs is 1. The normalized spacial score (nSPS) is 14.8. The molecule has 43 heavy (non-hydrogen) atoms. The Bertz CT molecular complexity index is 1950. The number of methoxy groups -OCH3 is 1.